The Bertz CT molecular complexity index is 806. The van der Waals surface area contributed by atoms with Crippen LogP contribution >= 0.6 is 0 Å². The van der Waals surface area contributed by atoms with Crippen molar-refractivity contribution >= 4 is 22.7 Å². The molecule has 1 aliphatic rings. The first kappa shape index (κ1) is 16.2. The van der Waals surface area contributed by atoms with Gasteiger partial charge in [-0.05, 0) is 12.1 Å². The molecule has 5 nitrogen and oxygen atoms in total. The van der Waals surface area contributed by atoms with Crippen LogP contribution in [-0.2, 0) is 4.79 Å². The van der Waals surface area contributed by atoms with E-state index in [0.717, 1.165) is 10.3 Å². The van der Waals surface area contributed by atoms with Gasteiger partial charge in [0.2, 0.25) is 5.91 Å². The molecular formula is C16H14F3N3O2. The number of nitrogens with two attached hydrogens (primary N) is 1. The van der Waals surface area contributed by atoms with E-state index in [0.29, 0.717) is 5.52 Å². The molecule has 0 radical (unpaired) electrons. The Morgan fingerprint density at radius 2 is 1.83 bits per heavy atom. The Balaban J connectivity index is 1.88. The summed E-state index contributed by atoms with van der Waals surface area (Å²) in [6, 6.07) is 10.2. The quantitative estimate of drug-likeness (QED) is 0.910. The summed E-state index contributed by atoms with van der Waals surface area (Å²) < 4.78 is 39.2. The number of alkyl halides is 3. The highest BCUT2D eigenvalue weighted by molar-refractivity contribution is 5.95. The van der Waals surface area contributed by atoms with E-state index in [9.17, 15) is 22.8 Å². The van der Waals surface area contributed by atoms with Gasteiger partial charge in [-0.3, -0.25) is 9.59 Å². The monoisotopic (exact) mass is 337 g/mol. The highest BCUT2D eigenvalue weighted by Crippen LogP contribution is 2.37. The van der Waals surface area contributed by atoms with Gasteiger partial charge >= 0.3 is 6.18 Å². The van der Waals surface area contributed by atoms with E-state index >= 15 is 0 Å². The molecule has 2 N–H and O–H groups in total. The van der Waals surface area contributed by atoms with Gasteiger partial charge in [0, 0.05) is 18.5 Å². The molecule has 2 amide bonds. The van der Waals surface area contributed by atoms with Gasteiger partial charge in [0.25, 0.3) is 5.91 Å². The number of fused-ring (bicyclic) bond motifs is 1. The second-order valence-corrected chi connectivity index (χ2v) is 5.76. The summed E-state index contributed by atoms with van der Waals surface area (Å²) >= 11 is 0. The number of carbonyl (C=O) groups excluding carboxylic acids is 2. The van der Waals surface area contributed by atoms with E-state index in [4.69, 9.17) is 5.73 Å². The lowest BCUT2D eigenvalue weighted by Crippen LogP contribution is -2.37. The predicted octanol–water partition coefficient (Wildman–Crippen LogP) is 1.97. The zero-order valence-electron chi connectivity index (χ0n) is 12.5. The summed E-state index contributed by atoms with van der Waals surface area (Å²) in [5.74, 6) is -5.08. The van der Waals surface area contributed by atoms with Crippen LogP contribution in [0.15, 0.2) is 36.4 Å². The third kappa shape index (κ3) is 2.91. The van der Waals surface area contributed by atoms with Gasteiger partial charge in [0.1, 0.15) is 5.69 Å². The van der Waals surface area contributed by atoms with Gasteiger partial charge in [-0.25, -0.2) is 4.98 Å². The molecule has 1 saturated heterocycles. The van der Waals surface area contributed by atoms with Crippen molar-refractivity contribution < 1.29 is 22.8 Å². The van der Waals surface area contributed by atoms with Crippen LogP contribution < -0.4 is 5.73 Å². The molecule has 24 heavy (non-hydrogen) atoms. The Hall–Kier alpha value is -2.64. The van der Waals surface area contributed by atoms with Crippen LogP contribution in [0.2, 0.25) is 0 Å². The SMILES string of the molecule is NC(=O)[C@@H]1CN(C(=O)c2ccc3ccccc3n2)C[C@H]1C(F)(F)F. The third-order valence-corrected chi connectivity index (χ3v) is 4.21. The van der Waals surface area contributed by atoms with E-state index in [-0.39, 0.29) is 12.2 Å². The van der Waals surface area contributed by atoms with Crippen molar-refractivity contribution in [2.75, 3.05) is 13.1 Å². The van der Waals surface area contributed by atoms with Crippen molar-refractivity contribution in [1.82, 2.24) is 9.88 Å². The Labute approximate surface area is 135 Å². The molecule has 0 bridgehead atoms. The molecular weight excluding hydrogens is 323 g/mol. The van der Waals surface area contributed by atoms with Crippen LogP contribution in [0.3, 0.4) is 0 Å². The highest BCUT2D eigenvalue weighted by Gasteiger charge is 2.52. The standard InChI is InChI=1S/C16H14F3N3O2/c17-16(18,19)11-8-22(7-10(11)14(20)23)15(24)13-6-5-9-3-1-2-4-12(9)21-13/h1-6,10-11H,7-8H2,(H2,20,23)/t10-,11-/m1/s1. The number of nitrogens with zero attached hydrogens (tertiary/aromatic N) is 2. The molecule has 0 unspecified atom stereocenters. The molecule has 2 atom stereocenters. The molecule has 1 fully saturated rings. The highest BCUT2D eigenvalue weighted by atomic mass is 19.4. The molecule has 1 aliphatic heterocycles. The molecule has 2 heterocycles. The van der Waals surface area contributed by atoms with Gasteiger partial charge < -0.3 is 10.6 Å². The van der Waals surface area contributed by atoms with E-state index in [1.165, 1.54) is 6.07 Å². The van der Waals surface area contributed by atoms with Crippen LogP contribution in [0.1, 0.15) is 10.5 Å². The van der Waals surface area contributed by atoms with Crippen molar-refractivity contribution in [1.29, 1.82) is 0 Å². The van der Waals surface area contributed by atoms with E-state index in [1.807, 2.05) is 12.1 Å². The largest absolute Gasteiger partial charge is 0.394 e. The zero-order chi connectivity index (χ0) is 17.5. The van der Waals surface area contributed by atoms with Crippen molar-refractivity contribution in [3.8, 4) is 0 Å². The second-order valence-electron chi connectivity index (χ2n) is 5.76. The van der Waals surface area contributed by atoms with Gasteiger partial charge in [0.05, 0.1) is 17.4 Å². The van der Waals surface area contributed by atoms with Crippen LogP contribution in [0.4, 0.5) is 13.2 Å². The number of hydrogen-bond acceptors (Lipinski definition) is 3. The normalized spacial score (nSPS) is 21.2. The van der Waals surface area contributed by atoms with E-state index in [1.54, 1.807) is 18.2 Å². The second kappa shape index (κ2) is 5.77. The molecule has 0 saturated carbocycles. The molecule has 0 aliphatic carbocycles. The van der Waals surface area contributed by atoms with Crippen LogP contribution in [-0.4, -0.2) is 41.0 Å². The maximum Gasteiger partial charge on any atom is 0.394 e. The minimum absolute atomic E-state index is 0.0414. The average Bonchev–Trinajstić information content (AvgIpc) is 2.99. The van der Waals surface area contributed by atoms with Gasteiger partial charge in [-0.2, -0.15) is 13.2 Å². The summed E-state index contributed by atoms with van der Waals surface area (Å²) in [6.07, 6.45) is -4.59. The molecule has 8 heteroatoms. The maximum atomic E-state index is 13.1. The molecule has 1 aromatic carbocycles. The lowest BCUT2D eigenvalue weighted by atomic mass is 9.95. The number of para-hydroxylation sites is 1. The number of pyridine rings is 1. The fourth-order valence-corrected chi connectivity index (χ4v) is 2.94. The van der Waals surface area contributed by atoms with Gasteiger partial charge in [-0.15, -0.1) is 0 Å². The summed E-state index contributed by atoms with van der Waals surface area (Å²) in [6.45, 7) is -0.947. The first-order valence-corrected chi connectivity index (χ1v) is 7.28. The number of primary amides is 1. The Kier molecular flexibility index (Phi) is 3.90. The van der Waals surface area contributed by atoms with Crippen LogP contribution in [0.25, 0.3) is 10.9 Å². The minimum Gasteiger partial charge on any atom is -0.369 e. The molecule has 1 aromatic heterocycles. The van der Waals surface area contributed by atoms with Crippen molar-refractivity contribution in [3.63, 3.8) is 0 Å². The predicted molar refractivity (Wildman–Crippen MR) is 79.9 cm³/mol. The maximum absolute atomic E-state index is 13.1. The van der Waals surface area contributed by atoms with E-state index in [2.05, 4.69) is 4.98 Å². The third-order valence-electron chi connectivity index (χ3n) is 4.21. The number of benzene rings is 1. The van der Waals surface area contributed by atoms with Crippen molar-refractivity contribution in [3.05, 3.63) is 42.1 Å². The van der Waals surface area contributed by atoms with Crippen molar-refractivity contribution in [2.45, 2.75) is 6.18 Å². The Morgan fingerprint density at radius 1 is 1.12 bits per heavy atom. The number of halogens is 3. The van der Waals surface area contributed by atoms with Crippen LogP contribution in [0, 0.1) is 11.8 Å². The summed E-state index contributed by atoms with van der Waals surface area (Å²) in [5, 5.41) is 0.818. The molecule has 3 rings (SSSR count). The van der Waals surface area contributed by atoms with E-state index < -0.39 is 36.4 Å². The lowest BCUT2D eigenvalue weighted by Gasteiger charge is -2.18. The summed E-state index contributed by atoms with van der Waals surface area (Å²) in [7, 11) is 0. The molecule has 2 aromatic rings. The smallest absolute Gasteiger partial charge is 0.369 e. The number of hydrogen-bond donors (Lipinski definition) is 1. The van der Waals surface area contributed by atoms with Gasteiger partial charge in [-0.1, -0.05) is 24.3 Å². The lowest BCUT2D eigenvalue weighted by molar-refractivity contribution is -0.182. The topological polar surface area (TPSA) is 76.3 Å². The number of likely N-dealkylation sites (tertiary alicyclic amines) is 1. The molecule has 126 valence electrons. The molecule has 0 spiro atoms. The number of carbonyl (C=O) groups is 2. The fraction of sp³-hybridized carbons (Fsp3) is 0.312. The number of rotatable bonds is 2. The minimum atomic E-state index is -4.59. The zero-order valence-corrected chi connectivity index (χ0v) is 12.5. The Morgan fingerprint density at radius 3 is 2.46 bits per heavy atom. The summed E-state index contributed by atoms with van der Waals surface area (Å²) in [4.78, 5) is 29.0. The van der Waals surface area contributed by atoms with Crippen LogP contribution in [0.5, 0.6) is 0 Å². The average molecular weight is 337 g/mol. The van der Waals surface area contributed by atoms with Crippen molar-refractivity contribution in [2.24, 2.45) is 17.6 Å². The fourth-order valence-electron chi connectivity index (χ4n) is 2.94. The number of amides is 2. The van der Waals surface area contributed by atoms with Gasteiger partial charge in [0.15, 0.2) is 0 Å². The first-order valence-electron chi connectivity index (χ1n) is 7.28. The number of aromatic nitrogens is 1. The summed E-state index contributed by atoms with van der Waals surface area (Å²) in [5.41, 5.74) is 5.68. The first-order chi connectivity index (χ1) is 11.3.